The SMILES string of the molecule is CC(=O)OC1C(OC2CCC3(C)C(CCC4(C)C3CC=C3C5C(O)C(C)(C)CCC5(C(=O)OC5OC(CO)C(O)C(O)C5O)CCC34C)C2(C)C)OCC(O)C1OC1OC(CO)C(O)C(O)C1O. The molecular weight excluding hydrogens is 893 g/mol. The number of hydrogen-bond donors (Lipinski definition) is 10. The van der Waals surface area contributed by atoms with Gasteiger partial charge in [-0.2, -0.15) is 0 Å². The Morgan fingerprint density at radius 1 is 0.662 bits per heavy atom. The second kappa shape index (κ2) is 18.5. The van der Waals surface area contributed by atoms with Crippen molar-refractivity contribution in [2.75, 3.05) is 19.8 Å². The molecule has 388 valence electrons. The van der Waals surface area contributed by atoms with Crippen LogP contribution in [0.25, 0.3) is 0 Å². The maximum Gasteiger partial charge on any atom is 0.315 e. The second-order valence-corrected chi connectivity index (χ2v) is 23.6. The van der Waals surface area contributed by atoms with Crippen LogP contribution in [0.15, 0.2) is 11.6 Å². The monoisotopic (exact) mass is 971 g/mol. The Morgan fingerprint density at radius 3 is 1.88 bits per heavy atom. The number of carbonyl (C=O) groups is 2. The summed E-state index contributed by atoms with van der Waals surface area (Å²) in [5, 5.41) is 106. The molecule has 10 N–H and O–H groups in total. The van der Waals surface area contributed by atoms with E-state index in [1.54, 1.807) is 0 Å². The number of esters is 2. The summed E-state index contributed by atoms with van der Waals surface area (Å²) in [6.45, 7) is 15.0. The summed E-state index contributed by atoms with van der Waals surface area (Å²) in [6, 6.07) is 0. The van der Waals surface area contributed by atoms with E-state index < -0.39 is 151 Å². The number of carbonyl (C=O) groups excluding carboxylic acids is 2. The van der Waals surface area contributed by atoms with Crippen LogP contribution in [-0.4, -0.2) is 181 Å². The third-order valence-corrected chi connectivity index (χ3v) is 19.4. The van der Waals surface area contributed by atoms with E-state index in [1.807, 2.05) is 13.8 Å². The lowest BCUT2D eigenvalue weighted by atomic mass is 9.33. The van der Waals surface area contributed by atoms with Gasteiger partial charge in [-0.3, -0.25) is 9.59 Å². The zero-order valence-corrected chi connectivity index (χ0v) is 40.7. The Labute approximate surface area is 398 Å². The highest BCUT2D eigenvalue weighted by molar-refractivity contribution is 5.79. The average Bonchev–Trinajstić information content (AvgIpc) is 3.28. The van der Waals surface area contributed by atoms with E-state index in [-0.39, 0.29) is 29.3 Å². The van der Waals surface area contributed by atoms with E-state index in [2.05, 4.69) is 40.7 Å². The molecule has 19 nitrogen and oxygen atoms in total. The zero-order chi connectivity index (χ0) is 49.8. The van der Waals surface area contributed by atoms with Crippen LogP contribution >= 0.6 is 0 Å². The first-order chi connectivity index (χ1) is 31.7. The van der Waals surface area contributed by atoms with Crippen molar-refractivity contribution >= 4 is 11.9 Å². The van der Waals surface area contributed by atoms with E-state index in [0.29, 0.717) is 38.5 Å². The van der Waals surface area contributed by atoms with Crippen molar-refractivity contribution in [2.45, 2.75) is 211 Å². The lowest BCUT2D eigenvalue weighted by Crippen LogP contribution is -2.67. The van der Waals surface area contributed by atoms with Crippen LogP contribution in [0.1, 0.15) is 113 Å². The molecule has 3 heterocycles. The van der Waals surface area contributed by atoms with Crippen molar-refractivity contribution in [3.05, 3.63) is 11.6 Å². The summed E-state index contributed by atoms with van der Waals surface area (Å²) in [6.07, 6.45) is -14.6. The fraction of sp³-hybridized carbons (Fsp3) is 0.918. The molecule has 0 radical (unpaired) electrons. The molecule has 4 saturated carbocycles. The summed E-state index contributed by atoms with van der Waals surface area (Å²) in [7, 11) is 0. The Kier molecular flexibility index (Phi) is 14.3. The van der Waals surface area contributed by atoms with Crippen LogP contribution in [0.4, 0.5) is 0 Å². The van der Waals surface area contributed by atoms with Crippen molar-refractivity contribution in [2.24, 2.45) is 50.2 Å². The van der Waals surface area contributed by atoms with Crippen LogP contribution in [0.5, 0.6) is 0 Å². The highest BCUT2D eigenvalue weighted by Gasteiger charge is 2.71. The van der Waals surface area contributed by atoms with Crippen molar-refractivity contribution in [3.8, 4) is 0 Å². The number of allylic oxidation sites excluding steroid dienone is 1. The first-order valence-corrected chi connectivity index (χ1v) is 24.7. The average molecular weight is 971 g/mol. The lowest BCUT2D eigenvalue weighted by Gasteiger charge is -2.71. The summed E-state index contributed by atoms with van der Waals surface area (Å²) < 4.78 is 41.8. The molecule has 7 fully saturated rings. The number of ether oxygens (including phenoxy) is 7. The van der Waals surface area contributed by atoms with Crippen LogP contribution in [0, 0.1) is 50.2 Å². The molecule has 0 aromatic carbocycles. The largest absolute Gasteiger partial charge is 0.454 e. The first-order valence-electron chi connectivity index (χ1n) is 24.7. The molecule has 23 unspecified atom stereocenters. The van der Waals surface area contributed by atoms with Gasteiger partial charge in [0.1, 0.15) is 61.0 Å². The Bertz CT molecular complexity index is 1890. The first kappa shape index (κ1) is 52.4. The van der Waals surface area contributed by atoms with Crippen molar-refractivity contribution in [1.29, 1.82) is 0 Å². The quantitative estimate of drug-likeness (QED) is 0.0846. The molecule has 0 aromatic heterocycles. The minimum absolute atomic E-state index is 0.142. The number of aliphatic hydroxyl groups is 10. The maximum atomic E-state index is 14.7. The smallest absolute Gasteiger partial charge is 0.315 e. The molecule has 0 amide bonds. The van der Waals surface area contributed by atoms with E-state index >= 15 is 0 Å². The normalized spacial score (nSPS) is 52.0. The number of hydrogen-bond acceptors (Lipinski definition) is 19. The molecule has 3 saturated heterocycles. The maximum absolute atomic E-state index is 14.7. The minimum atomic E-state index is -1.77. The number of rotatable bonds is 9. The molecule has 8 aliphatic rings. The fourth-order valence-corrected chi connectivity index (χ4v) is 15.1. The van der Waals surface area contributed by atoms with Crippen LogP contribution in [-0.2, 0) is 42.7 Å². The van der Waals surface area contributed by atoms with Gasteiger partial charge in [0, 0.05) is 12.8 Å². The number of fused-ring (bicyclic) bond motifs is 7. The van der Waals surface area contributed by atoms with Gasteiger partial charge in [0.2, 0.25) is 6.29 Å². The fourth-order valence-electron chi connectivity index (χ4n) is 15.1. The molecule has 3 aliphatic heterocycles. The van der Waals surface area contributed by atoms with E-state index in [0.717, 1.165) is 24.8 Å². The summed E-state index contributed by atoms with van der Waals surface area (Å²) in [4.78, 5) is 27.3. The van der Waals surface area contributed by atoms with Gasteiger partial charge in [-0.25, -0.2) is 0 Å². The lowest BCUT2D eigenvalue weighted by molar-refractivity contribution is -0.357. The van der Waals surface area contributed by atoms with Crippen LogP contribution < -0.4 is 0 Å². The zero-order valence-electron chi connectivity index (χ0n) is 40.7. The van der Waals surface area contributed by atoms with Gasteiger partial charge >= 0.3 is 11.9 Å². The van der Waals surface area contributed by atoms with Crippen molar-refractivity contribution in [1.82, 2.24) is 0 Å². The molecule has 19 heteroatoms. The van der Waals surface area contributed by atoms with Gasteiger partial charge in [-0.1, -0.05) is 60.1 Å². The van der Waals surface area contributed by atoms with E-state index in [4.69, 9.17) is 33.2 Å². The molecule has 0 aromatic rings. The van der Waals surface area contributed by atoms with Crippen molar-refractivity contribution < 1.29 is 93.8 Å². The van der Waals surface area contributed by atoms with Gasteiger partial charge in [0.15, 0.2) is 18.7 Å². The van der Waals surface area contributed by atoms with E-state index in [1.165, 1.54) is 6.92 Å². The molecule has 0 spiro atoms. The second-order valence-electron chi connectivity index (χ2n) is 23.6. The van der Waals surface area contributed by atoms with Gasteiger partial charge in [0.05, 0.1) is 37.4 Å². The van der Waals surface area contributed by atoms with Crippen LogP contribution in [0.3, 0.4) is 0 Å². The highest BCUT2D eigenvalue weighted by Crippen LogP contribution is 2.76. The van der Waals surface area contributed by atoms with Gasteiger partial charge in [0.25, 0.3) is 0 Å². The van der Waals surface area contributed by atoms with Crippen LogP contribution in [0.2, 0.25) is 0 Å². The summed E-state index contributed by atoms with van der Waals surface area (Å²) >= 11 is 0. The number of aliphatic hydroxyl groups excluding tert-OH is 10. The highest BCUT2D eigenvalue weighted by atomic mass is 16.7. The summed E-state index contributed by atoms with van der Waals surface area (Å²) in [5.74, 6) is -1.64. The van der Waals surface area contributed by atoms with Gasteiger partial charge in [-0.05, 0) is 96.7 Å². The Hall–Kier alpha value is -1.92. The molecule has 68 heavy (non-hydrogen) atoms. The standard InChI is InChI=1S/C49H78O19/c1-22(52)63-38-37(67-40-35(58)33(56)31(54)25(19-50)64-40)24(53)21-62-42(38)66-29-12-13-46(6)27(45(29,4)5)11-14-48(8)28(46)10-9-23-30-39(60)44(2,3)15-17-49(30,18-16-47(23,48)7)43(61)68-41-36(59)34(57)32(55)26(20-51)65-41/h9,24-42,50-51,53-60H,10-21H2,1-8H3. The van der Waals surface area contributed by atoms with Crippen molar-refractivity contribution in [3.63, 3.8) is 0 Å². The molecule has 0 bridgehead atoms. The Balaban J connectivity index is 1.04. The topological polar surface area (TPSA) is 301 Å². The summed E-state index contributed by atoms with van der Waals surface area (Å²) in [5.41, 5.74) is -2.03. The molecule has 5 aliphatic carbocycles. The molecule has 8 rings (SSSR count). The molecule has 23 atom stereocenters. The van der Waals surface area contributed by atoms with E-state index in [9.17, 15) is 60.7 Å². The predicted molar refractivity (Wildman–Crippen MR) is 235 cm³/mol. The van der Waals surface area contributed by atoms with Gasteiger partial charge in [-0.15, -0.1) is 0 Å². The molecular formula is C49H78O19. The third-order valence-electron chi connectivity index (χ3n) is 19.4. The third kappa shape index (κ3) is 8.13. The predicted octanol–water partition coefficient (Wildman–Crippen LogP) is 0.321. The van der Waals surface area contributed by atoms with Gasteiger partial charge < -0.3 is 84.2 Å². The Morgan fingerprint density at radius 2 is 1.26 bits per heavy atom. The minimum Gasteiger partial charge on any atom is -0.454 e.